The van der Waals surface area contributed by atoms with Crippen molar-refractivity contribution in [1.82, 2.24) is 4.98 Å². The van der Waals surface area contributed by atoms with E-state index in [1.807, 2.05) is 42.5 Å². The van der Waals surface area contributed by atoms with Gasteiger partial charge in [0.05, 0.1) is 22.9 Å². The van der Waals surface area contributed by atoms with Crippen molar-refractivity contribution in [3.05, 3.63) is 58.1 Å². The van der Waals surface area contributed by atoms with Gasteiger partial charge in [-0.25, -0.2) is 4.98 Å². The number of hydrogen-bond donors (Lipinski definition) is 0. The summed E-state index contributed by atoms with van der Waals surface area (Å²) in [5, 5.41) is 0.721. The Bertz CT molecular complexity index is 1020. The summed E-state index contributed by atoms with van der Waals surface area (Å²) >= 11 is 5.06. The first-order valence-electron chi connectivity index (χ1n) is 9.91. The Morgan fingerprint density at radius 1 is 1.24 bits per heavy atom. The smallest absolute Gasteiger partial charge is 0.260 e. The largest absolute Gasteiger partial charge is 0.376 e. The second-order valence-electron chi connectivity index (χ2n) is 8.49. The lowest BCUT2D eigenvalue weighted by Gasteiger charge is -2.24. The summed E-state index contributed by atoms with van der Waals surface area (Å²) in [4.78, 5) is 20.0. The van der Waals surface area contributed by atoms with Crippen molar-refractivity contribution < 1.29 is 9.53 Å². The van der Waals surface area contributed by atoms with Crippen LogP contribution in [0.15, 0.2) is 46.9 Å². The maximum Gasteiger partial charge on any atom is 0.260 e. The Morgan fingerprint density at radius 2 is 2.00 bits per heavy atom. The van der Waals surface area contributed by atoms with Crippen LogP contribution < -0.4 is 4.90 Å². The second-order valence-corrected chi connectivity index (χ2v) is 10.4. The van der Waals surface area contributed by atoms with E-state index in [-0.39, 0.29) is 17.4 Å². The zero-order valence-electron chi connectivity index (χ0n) is 16.9. The Morgan fingerprint density at radius 3 is 2.66 bits per heavy atom. The van der Waals surface area contributed by atoms with Gasteiger partial charge in [0.25, 0.3) is 5.91 Å². The quantitative estimate of drug-likeness (QED) is 0.454. The van der Waals surface area contributed by atoms with Crippen LogP contribution in [0.2, 0.25) is 0 Å². The summed E-state index contributed by atoms with van der Waals surface area (Å²) in [5.74, 6) is -0.0286. The number of nitrogens with zero attached hydrogens (tertiary/aromatic N) is 2. The average molecular weight is 473 g/mol. The topological polar surface area (TPSA) is 42.4 Å². The van der Waals surface area contributed by atoms with E-state index in [9.17, 15) is 4.79 Å². The number of halogens is 1. The highest BCUT2D eigenvalue weighted by Crippen LogP contribution is 2.33. The van der Waals surface area contributed by atoms with E-state index in [0.29, 0.717) is 12.1 Å². The van der Waals surface area contributed by atoms with E-state index in [1.165, 1.54) is 5.56 Å². The molecule has 1 saturated heterocycles. The molecule has 152 valence electrons. The van der Waals surface area contributed by atoms with Crippen molar-refractivity contribution in [2.24, 2.45) is 0 Å². The molecule has 2 aromatic carbocycles. The summed E-state index contributed by atoms with van der Waals surface area (Å²) in [6.45, 7) is 7.81. The van der Waals surface area contributed by atoms with Crippen LogP contribution in [-0.2, 0) is 10.2 Å². The van der Waals surface area contributed by atoms with Gasteiger partial charge in [0.1, 0.15) is 0 Å². The van der Waals surface area contributed by atoms with Gasteiger partial charge in [-0.3, -0.25) is 9.69 Å². The van der Waals surface area contributed by atoms with Crippen LogP contribution in [0.4, 0.5) is 5.13 Å². The highest BCUT2D eigenvalue weighted by Gasteiger charge is 2.27. The van der Waals surface area contributed by atoms with Gasteiger partial charge in [-0.2, -0.15) is 0 Å². The van der Waals surface area contributed by atoms with E-state index in [0.717, 1.165) is 39.3 Å². The highest BCUT2D eigenvalue weighted by atomic mass is 79.9. The molecule has 0 bridgehead atoms. The Kier molecular flexibility index (Phi) is 5.78. The standard InChI is InChI=1S/C23H25BrN2O2S/c1-23(2,3)16-8-6-15(7-9-16)21(27)26(14-18-5-4-12-28-18)22-25-19-11-10-17(24)13-20(19)29-22/h6-11,13,18H,4-5,12,14H2,1-3H3. The Balaban J connectivity index is 1.68. The third kappa shape index (κ3) is 4.55. The van der Waals surface area contributed by atoms with Crippen LogP contribution in [-0.4, -0.2) is 30.1 Å². The van der Waals surface area contributed by atoms with Crippen LogP contribution in [0, 0.1) is 0 Å². The molecule has 1 aliphatic heterocycles. The van der Waals surface area contributed by atoms with Gasteiger partial charge in [0.15, 0.2) is 5.13 Å². The molecule has 3 aromatic rings. The molecule has 1 atom stereocenters. The lowest BCUT2D eigenvalue weighted by molar-refractivity contribution is 0.0917. The molecular formula is C23H25BrN2O2S. The lowest BCUT2D eigenvalue weighted by atomic mass is 9.86. The Labute approximate surface area is 184 Å². The minimum atomic E-state index is -0.0286. The number of aromatic nitrogens is 1. The molecule has 4 rings (SSSR count). The normalized spacial score (nSPS) is 17.0. The second kappa shape index (κ2) is 8.17. The molecule has 1 aliphatic rings. The number of anilines is 1. The van der Waals surface area contributed by atoms with E-state index in [1.54, 1.807) is 16.2 Å². The summed E-state index contributed by atoms with van der Waals surface area (Å²) in [6.07, 6.45) is 2.08. The molecule has 0 radical (unpaired) electrons. The van der Waals surface area contributed by atoms with Gasteiger partial charge in [-0.15, -0.1) is 0 Å². The monoisotopic (exact) mass is 472 g/mol. The lowest BCUT2D eigenvalue weighted by Crippen LogP contribution is -2.37. The molecule has 2 heterocycles. The molecule has 0 aliphatic carbocycles. The van der Waals surface area contributed by atoms with Crippen LogP contribution in [0.3, 0.4) is 0 Å². The molecule has 1 fully saturated rings. The molecule has 1 aromatic heterocycles. The number of carbonyl (C=O) groups is 1. The van der Waals surface area contributed by atoms with Crippen molar-refractivity contribution in [2.45, 2.75) is 45.1 Å². The van der Waals surface area contributed by atoms with Crippen molar-refractivity contribution in [1.29, 1.82) is 0 Å². The number of benzene rings is 2. The molecule has 1 amide bonds. The first-order chi connectivity index (χ1) is 13.8. The molecule has 0 spiro atoms. The number of fused-ring (bicyclic) bond motifs is 1. The summed E-state index contributed by atoms with van der Waals surface area (Å²) in [7, 11) is 0. The molecule has 0 saturated carbocycles. The molecule has 4 nitrogen and oxygen atoms in total. The predicted molar refractivity (Wildman–Crippen MR) is 123 cm³/mol. The number of hydrogen-bond acceptors (Lipinski definition) is 4. The van der Waals surface area contributed by atoms with E-state index in [4.69, 9.17) is 9.72 Å². The van der Waals surface area contributed by atoms with Gasteiger partial charge in [-0.1, -0.05) is 60.2 Å². The van der Waals surface area contributed by atoms with Gasteiger partial charge >= 0.3 is 0 Å². The number of carbonyl (C=O) groups excluding carboxylic acids is 1. The fourth-order valence-electron chi connectivity index (χ4n) is 3.51. The van der Waals surface area contributed by atoms with E-state index in [2.05, 4.69) is 36.7 Å². The van der Waals surface area contributed by atoms with Crippen LogP contribution >= 0.6 is 27.3 Å². The van der Waals surface area contributed by atoms with Crippen LogP contribution in [0.25, 0.3) is 10.2 Å². The van der Waals surface area contributed by atoms with Gasteiger partial charge in [0, 0.05) is 16.6 Å². The number of amides is 1. The number of rotatable bonds is 4. The summed E-state index contributed by atoms with van der Waals surface area (Å²) in [5.41, 5.74) is 2.85. The maximum absolute atomic E-state index is 13.5. The molecule has 0 N–H and O–H groups in total. The molecule has 1 unspecified atom stereocenters. The van der Waals surface area contributed by atoms with Crippen molar-refractivity contribution >= 4 is 48.5 Å². The molecular weight excluding hydrogens is 448 g/mol. The fraction of sp³-hybridized carbons (Fsp3) is 0.391. The van der Waals surface area contributed by atoms with Crippen molar-refractivity contribution in [2.75, 3.05) is 18.1 Å². The third-order valence-corrected chi connectivity index (χ3v) is 6.76. The number of ether oxygens (including phenoxy) is 1. The first-order valence-corrected chi connectivity index (χ1v) is 11.5. The first kappa shape index (κ1) is 20.5. The van der Waals surface area contributed by atoms with Crippen LogP contribution in [0.5, 0.6) is 0 Å². The fourth-order valence-corrected chi connectivity index (χ4v) is 5.04. The van der Waals surface area contributed by atoms with Gasteiger partial charge in [0.2, 0.25) is 0 Å². The minimum absolute atomic E-state index is 0.0286. The molecule has 6 heteroatoms. The van der Waals surface area contributed by atoms with E-state index >= 15 is 0 Å². The van der Waals surface area contributed by atoms with Gasteiger partial charge < -0.3 is 4.74 Å². The van der Waals surface area contributed by atoms with Crippen LogP contribution in [0.1, 0.15) is 49.5 Å². The third-order valence-electron chi connectivity index (χ3n) is 5.22. The highest BCUT2D eigenvalue weighted by molar-refractivity contribution is 9.10. The maximum atomic E-state index is 13.5. The average Bonchev–Trinajstić information content (AvgIpc) is 3.34. The van der Waals surface area contributed by atoms with E-state index < -0.39 is 0 Å². The van der Waals surface area contributed by atoms with Crippen molar-refractivity contribution in [3.63, 3.8) is 0 Å². The van der Waals surface area contributed by atoms with Crippen molar-refractivity contribution in [3.8, 4) is 0 Å². The summed E-state index contributed by atoms with van der Waals surface area (Å²) in [6, 6.07) is 13.9. The molecule has 29 heavy (non-hydrogen) atoms. The summed E-state index contributed by atoms with van der Waals surface area (Å²) < 4.78 is 7.89. The zero-order valence-corrected chi connectivity index (χ0v) is 19.3. The minimum Gasteiger partial charge on any atom is -0.376 e. The Hall–Kier alpha value is -1.76. The SMILES string of the molecule is CC(C)(C)c1ccc(C(=O)N(CC2CCCO2)c2nc3ccc(Br)cc3s2)cc1. The number of thiazole rings is 1. The predicted octanol–water partition coefficient (Wildman–Crippen LogP) is 6.18. The van der Waals surface area contributed by atoms with Gasteiger partial charge in [-0.05, 0) is 54.2 Å². The zero-order chi connectivity index (χ0) is 20.6.